The number of nitrogens with zero attached hydrogens (tertiary/aromatic N) is 1. The van der Waals surface area contributed by atoms with E-state index < -0.39 is 14.9 Å². The van der Waals surface area contributed by atoms with Crippen molar-refractivity contribution < 1.29 is 13.3 Å². The molecule has 2 aromatic carbocycles. The van der Waals surface area contributed by atoms with E-state index in [1.165, 1.54) is 12.1 Å². The van der Waals surface area contributed by atoms with Crippen LogP contribution in [0, 0.1) is 10.1 Å². The molecule has 0 fully saturated rings. The van der Waals surface area contributed by atoms with Crippen molar-refractivity contribution in [3.8, 4) is 0 Å². The van der Waals surface area contributed by atoms with Gasteiger partial charge in [-0.3, -0.25) is 14.8 Å². The van der Waals surface area contributed by atoms with Gasteiger partial charge in [0.25, 0.3) is 15.7 Å². The minimum absolute atomic E-state index is 0.116. The Hall–Kier alpha value is -1.83. The molecule has 0 radical (unpaired) electrons. The van der Waals surface area contributed by atoms with E-state index in [1.807, 2.05) is 0 Å². The van der Waals surface area contributed by atoms with Crippen LogP contribution in [0.25, 0.3) is 0 Å². The molecule has 0 aromatic heterocycles. The molecule has 110 valence electrons. The zero-order valence-electron chi connectivity index (χ0n) is 10.3. The van der Waals surface area contributed by atoms with Crippen molar-refractivity contribution >= 4 is 44.6 Å². The van der Waals surface area contributed by atoms with E-state index in [0.717, 1.165) is 18.2 Å². The van der Waals surface area contributed by atoms with Crippen LogP contribution in [0.2, 0.25) is 10.0 Å². The second-order valence-electron chi connectivity index (χ2n) is 3.99. The summed E-state index contributed by atoms with van der Waals surface area (Å²) in [7, 11) is -4.06. The van der Waals surface area contributed by atoms with Crippen molar-refractivity contribution in [1.82, 2.24) is 0 Å². The van der Waals surface area contributed by atoms with Crippen molar-refractivity contribution in [2.75, 3.05) is 4.72 Å². The predicted octanol–water partition coefficient (Wildman–Crippen LogP) is 3.70. The van der Waals surface area contributed by atoms with Gasteiger partial charge in [0.05, 0.1) is 15.6 Å². The largest absolute Gasteiger partial charge is 0.280 e. The molecule has 0 saturated heterocycles. The van der Waals surface area contributed by atoms with E-state index in [9.17, 15) is 18.5 Å². The summed E-state index contributed by atoms with van der Waals surface area (Å²) >= 11 is 11.6. The van der Waals surface area contributed by atoms with Gasteiger partial charge in [0.15, 0.2) is 0 Å². The fourth-order valence-electron chi connectivity index (χ4n) is 1.57. The van der Waals surface area contributed by atoms with E-state index >= 15 is 0 Å². The average molecular weight is 347 g/mol. The van der Waals surface area contributed by atoms with Crippen LogP contribution in [-0.2, 0) is 10.0 Å². The van der Waals surface area contributed by atoms with Crippen LogP contribution in [0.15, 0.2) is 47.4 Å². The monoisotopic (exact) mass is 346 g/mol. The smallest absolute Gasteiger partial charge is 0.270 e. The maximum Gasteiger partial charge on any atom is 0.270 e. The first-order valence-electron chi connectivity index (χ1n) is 5.52. The quantitative estimate of drug-likeness (QED) is 0.674. The highest BCUT2D eigenvalue weighted by Gasteiger charge is 2.21. The van der Waals surface area contributed by atoms with Gasteiger partial charge >= 0.3 is 0 Å². The lowest BCUT2D eigenvalue weighted by Gasteiger charge is -2.09. The summed E-state index contributed by atoms with van der Waals surface area (Å²) in [5.41, 5.74) is -0.143. The third-order valence-corrected chi connectivity index (χ3v) is 4.59. The molecule has 6 nitrogen and oxygen atoms in total. The highest BCUT2D eigenvalue weighted by atomic mass is 35.5. The topological polar surface area (TPSA) is 89.3 Å². The SMILES string of the molecule is O=[N+]([O-])c1ccc(Cl)c(S(=O)(=O)Nc2cccc(Cl)c2)c1. The summed E-state index contributed by atoms with van der Waals surface area (Å²) in [6, 6.07) is 9.23. The number of hydrogen-bond acceptors (Lipinski definition) is 4. The van der Waals surface area contributed by atoms with Gasteiger partial charge in [-0.2, -0.15) is 0 Å². The first kappa shape index (κ1) is 15.6. The number of non-ortho nitro benzene ring substituents is 1. The maximum absolute atomic E-state index is 12.2. The van der Waals surface area contributed by atoms with Crippen molar-refractivity contribution in [2.45, 2.75) is 4.90 Å². The molecule has 0 bridgehead atoms. The van der Waals surface area contributed by atoms with Crippen molar-refractivity contribution in [3.63, 3.8) is 0 Å². The first-order valence-corrected chi connectivity index (χ1v) is 7.76. The molecule has 2 aromatic rings. The third-order valence-electron chi connectivity index (χ3n) is 2.49. The van der Waals surface area contributed by atoms with Gasteiger partial charge in [-0.25, -0.2) is 8.42 Å². The zero-order chi connectivity index (χ0) is 15.6. The minimum atomic E-state index is -4.06. The number of nitro benzene ring substituents is 1. The molecule has 1 N–H and O–H groups in total. The molecule has 9 heteroatoms. The van der Waals surface area contributed by atoms with E-state index in [4.69, 9.17) is 23.2 Å². The lowest BCUT2D eigenvalue weighted by molar-refractivity contribution is -0.385. The van der Waals surface area contributed by atoms with E-state index in [1.54, 1.807) is 12.1 Å². The number of hydrogen-bond donors (Lipinski definition) is 1. The van der Waals surface area contributed by atoms with Gasteiger partial charge in [0.1, 0.15) is 4.90 Å². The first-order chi connectivity index (χ1) is 9.79. The van der Waals surface area contributed by atoms with Crippen LogP contribution < -0.4 is 4.72 Å². The van der Waals surface area contributed by atoms with Gasteiger partial charge in [-0.15, -0.1) is 0 Å². The molecule has 0 aliphatic carbocycles. The van der Waals surface area contributed by atoms with Crippen LogP contribution >= 0.6 is 23.2 Å². The summed E-state index contributed by atoms with van der Waals surface area (Å²) in [5.74, 6) is 0. The van der Waals surface area contributed by atoms with Crippen LogP contribution in [0.1, 0.15) is 0 Å². The third kappa shape index (κ3) is 3.63. The van der Waals surface area contributed by atoms with Gasteiger partial charge < -0.3 is 0 Å². The van der Waals surface area contributed by atoms with E-state index in [0.29, 0.717) is 5.02 Å². The number of nitro groups is 1. The molecular formula is C12H8Cl2N2O4S. The lowest BCUT2D eigenvalue weighted by Crippen LogP contribution is -2.13. The number of sulfonamides is 1. The molecule has 2 rings (SSSR count). The molecule has 0 saturated carbocycles. The Morgan fingerprint density at radius 3 is 2.43 bits per heavy atom. The second kappa shape index (κ2) is 5.88. The van der Waals surface area contributed by atoms with Crippen molar-refractivity contribution in [2.24, 2.45) is 0 Å². The molecule has 0 aliphatic rings. The zero-order valence-corrected chi connectivity index (χ0v) is 12.6. The Morgan fingerprint density at radius 1 is 1.10 bits per heavy atom. The minimum Gasteiger partial charge on any atom is -0.280 e. The van der Waals surface area contributed by atoms with Crippen LogP contribution in [0.4, 0.5) is 11.4 Å². The fourth-order valence-corrected chi connectivity index (χ4v) is 3.33. The molecular weight excluding hydrogens is 339 g/mol. The van der Waals surface area contributed by atoms with Gasteiger partial charge in [-0.05, 0) is 24.3 Å². The molecule has 21 heavy (non-hydrogen) atoms. The number of halogens is 2. The highest BCUT2D eigenvalue weighted by Crippen LogP contribution is 2.28. The summed E-state index contributed by atoms with van der Waals surface area (Å²) in [4.78, 5) is 9.65. The lowest BCUT2D eigenvalue weighted by atomic mass is 10.3. The Balaban J connectivity index is 2.44. The normalized spacial score (nSPS) is 11.1. The molecule has 0 unspecified atom stereocenters. The Labute approximate surface area is 130 Å². The van der Waals surface area contributed by atoms with Gasteiger partial charge in [0.2, 0.25) is 0 Å². The Morgan fingerprint density at radius 2 is 1.81 bits per heavy atom. The Kier molecular flexibility index (Phi) is 4.36. The number of benzene rings is 2. The van der Waals surface area contributed by atoms with Crippen molar-refractivity contribution in [1.29, 1.82) is 0 Å². The standard InChI is InChI=1S/C12H8Cl2N2O4S/c13-8-2-1-3-9(6-8)15-21(19,20)12-7-10(16(17)18)4-5-11(12)14/h1-7,15H. The predicted molar refractivity (Wildman–Crippen MR) is 80.4 cm³/mol. The van der Waals surface area contributed by atoms with E-state index in [2.05, 4.69) is 4.72 Å². The van der Waals surface area contributed by atoms with Gasteiger partial charge in [-0.1, -0.05) is 29.3 Å². The Bertz CT molecular complexity index is 809. The van der Waals surface area contributed by atoms with Crippen LogP contribution in [-0.4, -0.2) is 13.3 Å². The number of rotatable bonds is 4. The molecule has 0 atom stereocenters. The maximum atomic E-state index is 12.2. The van der Waals surface area contributed by atoms with E-state index in [-0.39, 0.29) is 21.3 Å². The highest BCUT2D eigenvalue weighted by molar-refractivity contribution is 7.92. The summed E-state index contributed by atoms with van der Waals surface area (Å²) < 4.78 is 26.8. The van der Waals surface area contributed by atoms with Crippen LogP contribution in [0.5, 0.6) is 0 Å². The van der Waals surface area contributed by atoms with Crippen LogP contribution in [0.3, 0.4) is 0 Å². The molecule has 0 spiro atoms. The summed E-state index contributed by atoms with van der Waals surface area (Å²) in [6.45, 7) is 0. The fraction of sp³-hybridized carbons (Fsp3) is 0. The summed E-state index contributed by atoms with van der Waals surface area (Å²) in [6.07, 6.45) is 0. The number of nitrogens with one attached hydrogen (secondary N) is 1. The summed E-state index contributed by atoms with van der Waals surface area (Å²) in [5, 5.41) is 11.0. The average Bonchev–Trinajstić information content (AvgIpc) is 2.38. The molecule has 0 amide bonds. The molecule has 0 heterocycles. The van der Waals surface area contributed by atoms with Crippen molar-refractivity contribution in [3.05, 3.63) is 62.6 Å². The number of anilines is 1. The molecule has 0 aliphatic heterocycles. The van der Waals surface area contributed by atoms with Gasteiger partial charge in [0, 0.05) is 17.2 Å². The second-order valence-corrected chi connectivity index (χ2v) is 6.48.